The van der Waals surface area contributed by atoms with E-state index >= 15 is 0 Å². The van der Waals surface area contributed by atoms with Crippen molar-refractivity contribution >= 4 is 28.4 Å². The number of nitrogens with one attached hydrogen (secondary N) is 1. The van der Waals surface area contributed by atoms with E-state index in [9.17, 15) is 4.79 Å². The Bertz CT molecular complexity index is 1180. The summed E-state index contributed by atoms with van der Waals surface area (Å²) in [4.78, 5) is 23.2. The van der Waals surface area contributed by atoms with Gasteiger partial charge in [-0.1, -0.05) is 12.1 Å². The highest BCUT2D eigenvalue weighted by Crippen LogP contribution is 2.22. The molecule has 4 heterocycles. The van der Waals surface area contributed by atoms with E-state index in [0.717, 1.165) is 41.4 Å². The number of hydrogen-bond donors (Lipinski definition) is 1. The Morgan fingerprint density at radius 2 is 1.96 bits per heavy atom. The number of benzene rings is 1. The molecule has 1 aliphatic heterocycles. The van der Waals surface area contributed by atoms with Gasteiger partial charge in [0.1, 0.15) is 11.5 Å². The maximum atomic E-state index is 12.4. The molecule has 0 bridgehead atoms. The third-order valence-corrected chi connectivity index (χ3v) is 4.92. The van der Waals surface area contributed by atoms with Crippen LogP contribution in [0.25, 0.3) is 16.7 Å². The number of aryl methyl sites for hydroxylation is 1. The van der Waals surface area contributed by atoms with Crippen LogP contribution in [0.3, 0.4) is 0 Å². The van der Waals surface area contributed by atoms with Gasteiger partial charge in [0.25, 0.3) is 5.91 Å². The van der Waals surface area contributed by atoms with Crippen LogP contribution in [-0.2, 0) is 0 Å². The number of nitrogens with zero attached hydrogens (tertiary/aromatic N) is 7. The number of anilines is 1. The molecule has 9 nitrogen and oxygen atoms in total. The van der Waals surface area contributed by atoms with Gasteiger partial charge in [0, 0.05) is 25.6 Å². The minimum atomic E-state index is -0.198. The van der Waals surface area contributed by atoms with Crippen molar-refractivity contribution in [3.8, 4) is 0 Å². The molecule has 9 heteroatoms. The number of fused-ring (bicyclic) bond motifs is 2. The predicted molar refractivity (Wildman–Crippen MR) is 103 cm³/mol. The molecule has 1 N–H and O–H groups in total. The molecule has 3 aromatic heterocycles. The predicted octanol–water partition coefficient (Wildman–Crippen LogP) is 1.24. The molecule has 5 rings (SSSR count). The fourth-order valence-electron chi connectivity index (χ4n) is 3.34. The molecule has 0 aliphatic carbocycles. The second kappa shape index (κ2) is 6.52. The van der Waals surface area contributed by atoms with Crippen LogP contribution in [0.1, 0.15) is 16.3 Å². The maximum absolute atomic E-state index is 12.4. The Morgan fingerprint density at radius 1 is 1.14 bits per heavy atom. The van der Waals surface area contributed by atoms with E-state index in [0.29, 0.717) is 18.2 Å². The fraction of sp³-hybridized carbons (Fsp3) is 0.263. The number of carbonyl (C=O) groups is 1. The molecule has 1 fully saturated rings. The first-order chi connectivity index (χ1) is 13.7. The summed E-state index contributed by atoms with van der Waals surface area (Å²) in [5, 5.41) is 15.6. The van der Waals surface area contributed by atoms with Gasteiger partial charge in [-0.25, -0.2) is 4.98 Å². The van der Waals surface area contributed by atoms with Gasteiger partial charge in [-0.05, 0) is 31.2 Å². The Morgan fingerprint density at radius 3 is 2.82 bits per heavy atom. The van der Waals surface area contributed by atoms with Crippen molar-refractivity contribution in [3.63, 3.8) is 0 Å². The Balaban J connectivity index is 1.19. The highest BCUT2D eigenvalue weighted by atomic mass is 16.1. The molecule has 1 aliphatic rings. The molecule has 28 heavy (non-hydrogen) atoms. The largest absolute Gasteiger partial charge is 0.354 e. The first-order valence-corrected chi connectivity index (χ1v) is 9.11. The molecule has 1 saturated heterocycles. The van der Waals surface area contributed by atoms with Crippen molar-refractivity contribution < 1.29 is 4.79 Å². The van der Waals surface area contributed by atoms with Crippen LogP contribution < -0.4 is 10.2 Å². The van der Waals surface area contributed by atoms with Crippen LogP contribution in [-0.4, -0.2) is 55.3 Å². The molecule has 0 spiro atoms. The van der Waals surface area contributed by atoms with E-state index in [1.54, 1.807) is 4.52 Å². The van der Waals surface area contributed by atoms with Crippen molar-refractivity contribution in [1.82, 2.24) is 35.1 Å². The Hall–Kier alpha value is -3.62. The third kappa shape index (κ3) is 2.90. The average Bonchev–Trinajstić information content (AvgIpc) is 3.06. The Kier molecular flexibility index (Phi) is 3.85. The summed E-state index contributed by atoms with van der Waals surface area (Å²) in [6.07, 6.45) is 1.52. The van der Waals surface area contributed by atoms with E-state index in [4.69, 9.17) is 0 Å². The lowest BCUT2D eigenvalue weighted by atomic mass is 10.0. The molecular weight excluding hydrogens is 356 g/mol. The number of amides is 1. The van der Waals surface area contributed by atoms with E-state index in [2.05, 4.69) is 35.5 Å². The highest BCUT2D eigenvalue weighted by Gasteiger charge is 2.28. The minimum absolute atomic E-state index is 0.198. The third-order valence-electron chi connectivity index (χ3n) is 4.92. The summed E-state index contributed by atoms with van der Waals surface area (Å²) < 4.78 is 1.74. The van der Waals surface area contributed by atoms with Crippen molar-refractivity contribution in [3.05, 3.63) is 54.1 Å². The lowest BCUT2D eigenvalue weighted by Crippen LogP contribution is -2.52. The van der Waals surface area contributed by atoms with Gasteiger partial charge in [0.05, 0.1) is 17.2 Å². The van der Waals surface area contributed by atoms with Crippen LogP contribution in [0.15, 0.2) is 42.6 Å². The first kappa shape index (κ1) is 16.5. The number of aromatic nitrogens is 6. The normalized spacial score (nSPS) is 14.4. The molecule has 0 radical (unpaired) electrons. The monoisotopic (exact) mass is 374 g/mol. The molecule has 0 unspecified atom stereocenters. The molecule has 1 amide bonds. The van der Waals surface area contributed by atoms with E-state index in [1.165, 1.54) is 6.20 Å². The number of carbonyl (C=O) groups excluding carboxylic acids is 1. The van der Waals surface area contributed by atoms with Crippen molar-refractivity contribution in [1.29, 1.82) is 0 Å². The summed E-state index contributed by atoms with van der Waals surface area (Å²) in [7, 11) is 0. The minimum Gasteiger partial charge on any atom is -0.354 e. The van der Waals surface area contributed by atoms with E-state index < -0.39 is 0 Å². The average molecular weight is 374 g/mol. The van der Waals surface area contributed by atoms with Gasteiger partial charge >= 0.3 is 0 Å². The molecule has 140 valence electrons. The summed E-state index contributed by atoms with van der Waals surface area (Å²) in [5.41, 5.74) is 2.57. The van der Waals surface area contributed by atoms with Gasteiger partial charge in [0.15, 0.2) is 11.5 Å². The van der Waals surface area contributed by atoms with Gasteiger partial charge in [0.2, 0.25) is 0 Å². The van der Waals surface area contributed by atoms with Crippen molar-refractivity contribution in [2.45, 2.75) is 6.92 Å². The fourth-order valence-corrected chi connectivity index (χ4v) is 3.34. The lowest BCUT2D eigenvalue weighted by Gasteiger charge is -2.40. The standard InChI is InChI=1S/C19H18N8O/c1-12-23-24-17-6-7-18(25-27(12)17)26-10-13(11-26)8-21-19(28)16-9-20-14-4-2-3-5-15(14)22-16/h2-7,9,13H,8,10-11H2,1H3,(H,21,28). The van der Waals surface area contributed by atoms with Crippen LogP contribution >= 0.6 is 0 Å². The second-order valence-corrected chi connectivity index (χ2v) is 6.93. The zero-order valence-electron chi connectivity index (χ0n) is 15.3. The summed E-state index contributed by atoms with van der Waals surface area (Å²) in [5.74, 6) is 1.82. The maximum Gasteiger partial charge on any atom is 0.271 e. The highest BCUT2D eigenvalue weighted by molar-refractivity contribution is 5.93. The number of para-hydroxylation sites is 2. The molecule has 0 saturated carbocycles. The van der Waals surface area contributed by atoms with Crippen molar-refractivity contribution in [2.24, 2.45) is 5.92 Å². The topological polar surface area (TPSA) is 101 Å². The van der Waals surface area contributed by atoms with Crippen LogP contribution in [0.5, 0.6) is 0 Å². The number of rotatable bonds is 4. The zero-order valence-corrected chi connectivity index (χ0v) is 15.3. The van der Waals surface area contributed by atoms with Gasteiger partial charge in [-0.15, -0.1) is 15.3 Å². The lowest BCUT2D eigenvalue weighted by molar-refractivity contribution is 0.0939. The molecular formula is C19H18N8O. The molecule has 0 atom stereocenters. The zero-order chi connectivity index (χ0) is 19.1. The first-order valence-electron chi connectivity index (χ1n) is 9.11. The smallest absolute Gasteiger partial charge is 0.271 e. The number of hydrogen-bond acceptors (Lipinski definition) is 7. The van der Waals surface area contributed by atoms with E-state index in [1.807, 2.05) is 43.3 Å². The summed E-state index contributed by atoms with van der Waals surface area (Å²) >= 11 is 0. The van der Waals surface area contributed by atoms with Crippen LogP contribution in [0.4, 0.5) is 5.82 Å². The van der Waals surface area contributed by atoms with Gasteiger partial charge in [-0.2, -0.15) is 4.52 Å². The van der Waals surface area contributed by atoms with E-state index in [-0.39, 0.29) is 5.91 Å². The van der Waals surface area contributed by atoms with Crippen LogP contribution in [0, 0.1) is 12.8 Å². The Labute approximate surface area is 160 Å². The van der Waals surface area contributed by atoms with Crippen LogP contribution in [0.2, 0.25) is 0 Å². The quantitative estimate of drug-likeness (QED) is 0.573. The molecule has 1 aromatic carbocycles. The van der Waals surface area contributed by atoms with Gasteiger partial charge in [-0.3, -0.25) is 9.78 Å². The summed E-state index contributed by atoms with van der Waals surface area (Å²) in [6, 6.07) is 11.4. The SMILES string of the molecule is Cc1nnc2ccc(N3CC(CNC(=O)c4cnc5ccccc5n4)C3)nn12. The van der Waals surface area contributed by atoms with Gasteiger partial charge < -0.3 is 10.2 Å². The second-order valence-electron chi connectivity index (χ2n) is 6.93. The molecule has 4 aromatic rings. The van der Waals surface area contributed by atoms with Crippen molar-refractivity contribution in [2.75, 3.05) is 24.5 Å². The summed E-state index contributed by atoms with van der Waals surface area (Å²) in [6.45, 7) is 4.14.